The van der Waals surface area contributed by atoms with Gasteiger partial charge in [-0.05, 0) is 90.0 Å². The van der Waals surface area contributed by atoms with E-state index in [0.29, 0.717) is 39.5 Å². The maximum Gasteiger partial charge on any atom is 0.358 e. The molecule has 1 heterocycles. The van der Waals surface area contributed by atoms with E-state index in [-0.39, 0.29) is 5.92 Å². The summed E-state index contributed by atoms with van der Waals surface area (Å²) in [6.07, 6.45) is 2.80. The van der Waals surface area contributed by atoms with Crippen molar-refractivity contribution in [1.82, 2.24) is 9.55 Å². The largest absolute Gasteiger partial charge is 0.461 e. The van der Waals surface area contributed by atoms with Crippen molar-refractivity contribution in [3.05, 3.63) is 85.3 Å². The zero-order valence-electron chi connectivity index (χ0n) is 17.4. The van der Waals surface area contributed by atoms with Gasteiger partial charge in [0, 0.05) is 22.0 Å². The van der Waals surface area contributed by atoms with Crippen molar-refractivity contribution in [1.29, 1.82) is 0 Å². The van der Waals surface area contributed by atoms with Gasteiger partial charge in [0.25, 0.3) is 0 Å². The van der Waals surface area contributed by atoms with Gasteiger partial charge in [-0.1, -0.05) is 41.4 Å². The van der Waals surface area contributed by atoms with Crippen LogP contribution in [-0.2, 0) is 11.2 Å². The number of ether oxygens (including phenoxy) is 1. The Morgan fingerprint density at radius 2 is 1.87 bits per heavy atom. The van der Waals surface area contributed by atoms with Crippen LogP contribution < -0.4 is 0 Å². The molecule has 0 spiro atoms. The van der Waals surface area contributed by atoms with E-state index >= 15 is 0 Å². The fraction of sp³-hybridized carbons (Fsp3) is 0.333. The van der Waals surface area contributed by atoms with Gasteiger partial charge in [-0.25, -0.2) is 9.78 Å². The molecule has 2 aromatic carbocycles. The van der Waals surface area contributed by atoms with Gasteiger partial charge in [-0.3, -0.25) is 0 Å². The Morgan fingerprint density at radius 1 is 1.19 bits per heavy atom. The van der Waals surface area contributed by atoms with Gasteiger partial charge < -0.3 is 9.30 Å². The zero-order valence-corrected chi connectivity index (χ0v) is 20.5. The third-order valence-electron chi connectivity index (χ3n) is 5.62. The molecule has 162 valence electrons. The number of hydrogen-bond donors (Lipinski definition) is 0. The molecule has 4 rings (SSSR count). The van der Waals surface area contributed by atoms with E-state index in [1.165, 1.54) is 0 Å². The monoisotopic (exact) mass is 520 g/mol. The third-order valence-corrected chi connectivity index (χ3v) is 6.67. The number of esters is 1. The Labute approximate surface area is 200 Å². The molecule has 1 aliphatic rings. The average molecular weight is 522 g/mol. The first-order valence-electron chi connectivity index (χ1n) is 10.3. The second-order valence-electron chi connectivity index (χ2n) is 7.82. The lowest BCUT2D eigenvalue weighted by atomic mass is 9.86. The SMILES string of the molecule is CCOC(=O)c1nc(Br)n(C2CC2)c1C(Cc1cc(Cl)ccc1C)c1ccc(Cl)cc1. The molecule has 1 atom stereocenters. The number of hydrogen-bond acceptors (Lipinski definition) is 3. The molecule has 0 radical (unpaired) electrons. The summed E-state index contributed by atoms with van der Waals surface area (Å²) in [6.45, 7) is 4.17. The van der Waals surface area contributed by atoms with Crippen LogP contribution in [0.1, 0.15) is 64.6 Å². The van der Waals surface area contributed by atoms with Gasteiger partial charge in [-0.2, -0.15) is 0 Å². The van der Waals surface area contributed by atoms with Crippen LogP contribution in [0.3, 0.4) is 0 Å². The Morgan fingerprint density at radius 3 is 2.52 bits per heavy atom. The Balaban J connectivity index is 1.90. The van der Waals surface area contributed by atoms with Crippen molar-refractivity contribution in [2.24, 2.45) is 0 Å². The summed E-state index contributed by atoms with van der Waals surface area (Å²) in [5.41, 5.74) is 4.57. The summed E-state index contributed by atoms with van der Waals surface area (Å²) in [6, 6.07) is 14.0. The van der Waals surface area contributed by atoms with Crippen LogP contribution in [0.25, 0.3) is 0 Å². The summed E-state index contributed by atoms with van der Waals surface area (Å²) in [4.78, 5) is 17.5. The van der Waals surface area contributed by atoms with E-state index in [1.54, 1.807) is 6.92 Å². The van der Waals surface area contributed by atoms with Gasteiger partial charge in [0.2, 0.25) is 0 Å². The zero-order chi connectivity index (χ0) is 22.1. The van der Waals surface area contributed by atoms with Gasteiger partial charge in [-0.15, -0.1) is 0 Å². The maximum atomic E-state index is 12.9. The smallest absolute Gasteiger partial charge is 0.358 e. The standard InChI is InChI=1S/C24H23BrCl2N2O2/c1-3-31-23(30)21-22(29(19-10-11-19)24(25)28-21)20(15-5-8-17(26)9-6-15)13-16-12-18(27)7-4-14(16)2/h4-9,12,19-20H,3,10-11,13H2,1-2H3. The molecule has 0 N–H and O–H groups in total. The Bertz CT molecular complexity index is 1110. The van der Waals surface area contributed by atoms with Crippen molar-refractivity contribution in [3.8, 4) is 0 Å². The van der Waals surface area contributed by atoms with E-state index in [0.717, 1.165) is 35.2 Å². The molecule has 1 saturated carbocycles. The summed E-state index contributed by atoms with van der Waals surface area (Å²) in [5, 5.41) is 1.36. The molecule has 1 aliphatic carbocycles. The molecule has 1 fully saturated rings. The predicted molar refractivity (Wildman–Crippen MR) is 127 cm³/mol. The fourth-order valence-electron chi connectivity index (χ4n) is 3.93. The van der Waals surface area contributed by atoms with E-state index < -0.39 is 5.97 Å². The van der Waals surface area contributed by atoms with E-state index in [9.17, 15) is 4.79 Å². The summed E-state index contributed by atoms with van der Waals surface area (Å²) >= 11 is 16.1. The average Bonchev–Trinajstić information content (AvgIpc) is 3.52. The molecule has 7 heteroatoms. The van der Waals surface area contributed by atoms with Crippen LogP contribution >= 0.6 is 39.1 Å². The lowest BCUT2D eigenvalue weighted by Gasteiger charge is -2.22. The number of halogens is 3. The molecule has 1 unspecified atom stereocenters. The molecule has 0 saturated heterocycles. The lowest BCUT2D eigenvalue weighted by Crippen LogP contribution is -2.17. The van der Waals surface area contributed by atoms with Crippen molar-refractivity contribution >= 4 is 45.1 Å². The van der Waals surface area contributed by atoms with Gasteiger partial charge >= 0.3 is 5.97 Å². The summed E-state index contributed by atoms with van der Waals surface area (Å²) in [7, 11) is 0. The highest BCUT2D eigenvalue weighted by molar-refractivity contribution is 9.10. The Hall–Kier alpha value is -1.82. The van der Waals surface area contributed by atoms with Gasteiger partial charge in [0.1, 0.15) is 0 Å². The highest BCUT2D eigenvalue weighted by Crippen LogP contribution is 2.44. The lowest BCUT2D eigenvalue weighted by molar-refractivity contribution is 0.0518. The van der Waals surface area contributed by atoms with E-state index in [2.05, 4.69) is 32.4 Å². The van der Waals surface area contributed by atoms with Crippen LogP contribution in [0.4, 0.5) is 0 Å². The number of carbonyl (C=O) groups is 1. The van der Waals surface area contributed by atoms with Crippen LogP contribution in [-0.4, -0.2) is 22.1 Å². The van der Waals surface area contributed by atoms with Crippen molar-refractivity contribution < 1.29 is 9.53 Å². The molecule has 0 bridgehead atoms. The number of benzene rings is 2. The van der Waals surface area contributed by atoms with Crippen LogP contribution in [0, 0.1) is 6.92 Å². The normalized spacial score (nSPS) is 14.5. The van der Waals surface area contributed by atoms with Crippen LogP contribution in [0.2, 0.25) is 10.0 Å². The quantitative estimate of drug-likeness (QED) is 0.310. The predicted octanol–water partition coefficient (Wildman–Crippen LogP) is 7.15. The minimum atomic E-state index is -0.403. The minimum absolute atomic E-state index is 0.117. The number of imidazole rings is 1. The highest BCUT2D eigenvalue weighted by atomic mass is 79.9. The van der Waals surface area contributed by atoms with Gasteiger partial charge in [0.05, 0.1) is 12.3 Å². The number of rotatable bonds is 7. The first kappa shape index (κ1) is 22.4. The van der Waals surface area contributed by atoms with Gasteiger partial charge in [0.15, 0.2) is 10.4 Å². The van der Waals surface area contributed by atoms with Crippen molar-refractivity contribution in [2.75, 3.05) is 6.61 Å². The number of aryl methyl sites for hydroxylation is 1. The van der Waals surface area contributed by atoms with Crippen molar-refractivity contribution in [3.63, 3.8) is 0 Å². The Kier molecular flexibility index (Phi) is 6.75. The van der Waals surface area contributed by atoms with Crippen LogP contribution in [0.15, 0.2) is 47.2 Å². The second kappa shape index (κ2) is 9.35. The van der Waals surface area contributed by atoms with E-state index in [1.807, 2.05) is 42.5 Å². The molecule has 1 aromatic heterocycles. The summed E-state index contributed by atoms with van der Waals surface area (Å²) < 4.78 is 8.18. The van der Waals surface area contributed by atoms with Crippen molar-refractivity contribution in [2.45, 2.75) is 45.1 Å². The van der Waals surface area contributed by atoms with Crippen LogP contribution in [0.5, 0.6) is 0 Å². The molecule has 4 nitrogen and oxygen atoms in total. The highest BCUT2D eigenvalue weighted by Gasteiger charge is 2.36. The number of aromatic nitrogens is 2. The molecule has 31 heavy (non-hydrogen) atoms. The second-order valence-corrected chi connectivity index (χ2v) is 9.40. The molecular weight excluding hydrogens is 499 g/mol. The minimum Gasteiger partial charge on any atom is -0.461 e. The first-order chi connectivity index (χ1) is 14.9. The summed E-state index contributed by atoms with van der Waals surface area (Å²) in [5.74, 6) is -0.521. The molecule has 0 aliphatic heterocycles. The number of carbonyl (C=O) groups excluding carboxylic acids is 1. The maximum absolute atomic E-state index is 12.9. The van der Waals surface area contributed by atoms with E-state index in [4.69, 9.17) is 27.9 Å². The molecular formula is C24H23BrCl2N2O2. The topological polar surface area (TPSA) is 44.1 Å². The fourth-order valence-corrected chi connectivity index (χ4v) is 4.91. The molecule has 3 aromatic rings. The number of nitrogens with zero attached hydrogens (tertiary/aromatic N) is 2. The third kappa shape index (κ3) is 4.84. The first-order valence-corrected chi connectivity index (χ1v) is 11.9. The molecule has 0 amide bonds.